The Kier molecular flexibility index (Phi) is 4.58. The molecule has 0 fully saturated rings. The molecule has 17 heavy (non-hydrogen) atoms. The molecule has 2 heteroatoms. The van der Waals surface area contributed by atoms with Gasteiger partial charge in [-0.15, -0.1) is 0 Å². The Morgan fingerprint density at radius 3 is 2.06 bits per heavy atom. The summed E-state index contributed by atoms with van der Waals surface area (Å²) in [7, 11) is 0. The van der Waals surface area contributed by atoms with Gasteiger partial charge in [-0.3, -0.25) is 0 Å². The average Bonchev–Trinajstić information content (AvgIpc) is 2.19. The maximum absolute atomic E-state index is 5.65. The summed E-state index contributed by atoms with van der Waals surface area (Å²) in [6.07, 6.45) is 0. The SMILES string of the molecule is CCOc1c(C)cc(CNC(C)(C)C)cc1C. The maximum atomic E-state index is 5.65. The molecule has 2 nitrogen and oxygen atoms in total. The Morgan fingerprint density at radius 1 is 1.12 bits per heavy atom. The highest BCUT2D eigenvalue weighted by molar-refractivity contribution is 5.43. The fraction of sp³-hybridized carbons (Fsp3) is 0.600. The van der Waals surface area contributed by atoms with Crippen molar-refractivity contribution < 1.29 is 4.74 Å². The van der Waals surface area contributed by atoms with Crippen molar-refractivity contribution in [1.82, 2.24) is 5.32 Å². The van der Waals surface area contributed by atoms with Gasteiger partial charge in [-0.05, 0) is 58.2 Å². The van der Waals surface area contributed by atoms with E-state index in [1.807, 2.05) is 6.92 Å². The summed E-state index contributed by atoms with van der Waals surface area (Å²) in [5, 5.41) is 3.50. The number of aryl methyl sites for hydroxylation is 2. The lowest BCUT2D eigenvalue weighted by Gasteiger charge is -2.21. The number of ether oxygens (including phenoxy) is 1. The molecule has 0 saturated carbocycles. The zero-order chi connectivity index (χ0) is 13.1. The van der Waals surface area contributed by atoms with Crippen LogP contribution in [0, 0.1) is 13.8 Å². The first-order chi connectivity index (χ1) is 7.83. The summed E-state index contributed by atoms with van der Waals surface area (Å²) >= 11 is 0. The molecule has 0 radical (unpaired) electrons. The molecule has 1 rings (SSSR count). The van der Waals surface area contributed by atoms with E-state index in [1.165, 1.54) is 16.7 Å². The number of rotatable bonds is 4. The van der Waals surface area contributed by atoms with E-state index in [9.17, 15) is 0 Å². The van der Waals surface area contributed by atoms with E-state index in [0.717, 1.165) is 18.9 Å². The Morgan fingerprint density at radius 2 is 1.65 bits per heavy atom. The van der Waals surface area contributed by atoms with Crippen LogP contribution in [0.15, 0.2) is 12.1 Å². The van der Waals surface area contributed by atoms with E-state index in [4.69, 9.17) is 4.74 Å². The van der Waals surface area contributed by atoms with Gasteiger partial charge in [0.15, 0.2) is 0 Å². The molecular weight excluding hydrogens is 210 g/mol. The monoisotopic (exact) mass is 235 g/mol. The third-order valence-corrected chi connectivity index (χ3v) is 2.63. The van der Waals surface area contributed by atoms with Crippen LogP contribution in [-0.4, -0.2) is 12.1 Å². The van der Waals surface area contributed by atoms with Crippen molar-refractivity contribution in [2.75, 3.05) is 6.61 Å². The van der Waals surface area contributed by atoms with Crippen LogP contribution in [0.4, 0.5) is 0 Å². The second kappa shape index (κ2) is 5.54. The molecule has 0 saturated heterocycles. The summed E-state index contributed by atoms with van der Waals surface area (Å²) < 4.78 is 5.65. The van der Waals surface area contributed by atoms with Gasteiger partial charge in [-0.25, -0.2) is 0 Å². The van der Waals surface area contributed by atoms with Crippen molar-refractivity contribution >= 4 is 0 Å². The number of hydrogen-bond donors (Lipinski definition) is 1. The second-order valence-electron chi connectivity index (χ2n) is 5.60. The molecule has 1 aromatic carbocycles. The van der Waals surface area contributed by atoms with Gasteiger partial charge in [0.2, 0.25) is 0 Å². The maximum Gasteiger partial charge on any atom is 0.125 e. The predicted molar refractivity (Wildman–Crippen MR) is 73.7 cm³/mol. The van der Waals surface area contributed by atoms with Crippen molar-refractivity contribution in [2.24, 2.45) is 0 Å². The summed E-state index contributed by atoms with van der Waals surface area (Å²) in [6, 6.07) is 4.41. The minimum Gasteiger partial charge on any atom is -0.493 e. The molecule has 0 aromatic heterocycles. The largest absolute Gasteiger partial charge is 0.493 e. The van der Waals surface area contributed by atoms with Crippen LogP contribution in [0.2, 0.25) is 0 Å². The van der Waals surface area contributed by atoms with Crippen LogP contribution >= 0.6 is 0 Å². The van der Waals surface area contributed by atoms with Crippen LogP contribution in [0.5, 0.6) is 5.75 Å². The van der Waals surface area contributed by atoms with Crippen molar-refractivity contribution in [3.8, 4) is 5.75 Å². The fourth-order valence-electron chi connectivity index (χ4n) is 1.88. The van der Waals surface area contributed by atoms with E-state index in [0.29, 0.717) is 0 Å². The van der Waals surface area contributed by atoms with Gasteiger partial charge in [0, 0.05) is 12.1 Å². The Balaban J connectivity index is 2.83. The van der Waals surface area contributed by atoms with Crippen LogP contribution in [0.25, 0.3) is 0 Å². The minimum atomic E-state index is 0.153. The standard InChI is InChI=1S/C15H25NO/c1-7-17-14-11(2)8-13(9-12(14)3)10-16-15(4,5)6/h8-9,16H,7,10H2,1-6H3. The molecule has 0 amide bonds. The lowest BCUT2D eigenvalue weighted by Crippen LogP contribution is -2.35. The van der Waals surface area contributed by atoms with E-state index in [1.54, 1.807) is 0 Å². The molecule has 0 aliphatic rings. The van der Waals surface area contributed by atoms with Crippen molar-refractivity contribution in [1.29, 1.82) is 0 Å². The normalized spacial score (nSPS) is 11.6. The molecule has 0 aliphatic carbocycles. The highest BCUT2D eigenvalue weighted by Crippen LogP contribution is 2.25. The van der Waals surface area contributed by atoms with E-state index >= 15 is 0 Å². The number of nitrogens with one attached hydrogen (secondary N) is 1. The summed E-state index contributed by atoms with van der Waals surface area (Å²) in [6.45, 7) is 14.4. The lowest BCUT2D eigenvalue weighted by atomic mass is 10.0. The van der Waals surface area contributed by atoms with Gasteiger partial charge in [-0.1, -0.05) is 12.1 Å². The first-order valence-corrected chi connectivity index (χ1v) is 6.31. The predicted octanol–water partition coefficient (Wildman–Crippen LogP) is 3.59. The second-order valence-corrected chi connectivity index (χ2v) is 5.60. The molecule has 0 spiro atoms. The van der Waals surface area contributed by atoms with E-state index in [-0.39, 0.29) is 5.54 Å². The Bertz CT molecular complexity index is 354. The highest BCUT2D eigenvalue weighted by Gasteiger charge is 2.10. The topological polar surface area (TPSA) is 21.3 Å². The van der Waals surface area contributed by atoms with Crippen molar-refractivity contribution in [2.45, 2.75) is 53.6 Å². The quantitative estimate of drug-likeness (QED) is 0.861. The van der Waals surface area contributed by atoms with Crippen molar-refractivity contribution in [3.63, 3.8) is 0 Å². The fourth-order valence-corrected chi connectivity index (χ4v) is 1.88. The van der Waals surface area contributed by atoms with Gasteiger partial charge in [0.05, 0.1) is 6.61 Å². The van der Waals surface area contributed by atoms with Gasteiger partial charge in [0.25, 0.3) is 0 Å². The molecule has 0 heterocycles. The smallest absolute Gasteiger partial charge is 0.125 e. The third-order valence-electron chi connectivity index (χ3n) is 2.63. The summed E-state index contributed by atoms with van der Waals surface area (Å²) in [5.41, 5.74) is 3.91. The van der Waals surface area contributed by atoms with Gasteiger partial charge >= 0.3 is 0 Å². The molecular formula is C15H25NO. The Labute approximate surface area is 105 Å². The zero-order valence-corrected chi connectivity index (χ0v) is 12.0. The van der Waals surface area contributed by atoms with Crippen LogP contribution in [-0.2, 0) is 6.54 Å². The zero-order valence-electron chi connectivity index (χ0n) is 12.0. The van der Waals surface area contributed by atoms with Gasteiger partial charge < -0.3 is 10.1 Å². The first-order valence-electron chi connectivity index (χ1n) is 6.31. The van der Waals surface area contributed by atoms with Crippen LogP contribution < -0.4 is 10.1 Å². The highest BCUT2D eigenvalue weighted by atomic mass is 16.5. The molecule has 0 unspecified atom stereocenters. The van der Waals surface area contributed by atoms with E-state index < -0.39 is 0 Å². The number of hydrogen-bond acceptors (Lipinski definition) is 2. The van der Waals surface area contributed by atoms with Gasteiger partial charge in [0.1, 0.15) is 5.75 Å². The summed E-state index contributed by atoms with van der Waals surface area (Å²) in [4.78, 5) is 0. The van der Waals surface area contributed by atoms with Crippen LogP contribution in [0.1, 0.15) is 44.4 Å². The molecule has 1 aromatic rings. The first kappa shape index (κ1) is 14.0. The molecule has 0 atom stereocenters. The Hall–Kier alpha value is -1.02. The lowest BCUT2D eigenvalue weighted by molar-refractivity contribution is 0.335. The molecule has 96 valence electrons. The van der Waals surface area contributed by atoms with Crippen LogP contribution in [0.3, 0.4) is 0 Å². The average molecular weight is 235 g/mol. The molecule has 1 N–H and O–H groups in total. The van der Waals surface area contributed by atoms with Crippen molar-refractivity contribution in [3.05, 3.63) is 28.8 Å². The molecule has 0 bridgehead atoms. The minimum absolute atomic E-state index is 0.153. The summed E-state index contributed by atoms with van der Waals surface area (Å²) in [5.74, 6) is 1.03. The van der Waals surface area contributed by atoms with E-state index in [2.05, 4.69) is 52.1 Å². The van der Waals surface area contributed by atoms with Gasteiger partial charge in [-0.2, -0.15) is 0 Å². The third kappa shape index (κ3) is 4.39. The molecule has 0 aliphatic heterocycles. The number of benzene rings is 1.